The van der Waals surface area contributed by atoms with Gasteiger partial charge < -0.3 is 10.2 Å². The number of anilines is 1. The second-order valence-corrected chi connectivity index (χ2v) is 6.64. The number of urea groups is 1. The summed E-state index contributed by atoms with van der Waals surface area (Å²) in [5, 5.41) is 3.57. The molecule has 0 radical (unpaired) electrons. The van der Waals surface area contributed by atoms with Crippen LogP contribution in [0, 0.1) is 12.7 Å². The van der Waals surface area contributed by atoms with Gasteiger partial charge in [0.05, 0.1) is 0 Å². The minimum Gasteiger partial charge on any atom is -0.322 e. The molecular weight excluding hydrogens is 341 g/mol. The Bertz CT molecular complexity index is 743. The molecule has 6 heteroatoms. The summed E-state index contributed by atoms with van der Waals surface area (Å²) >= 11 is 6.09. The molecular formula is C19H21ClFN3O. The van der Waals surface area contributed by atoms with Crippen molar-refractivity contribution in [1.29, 1.82) is 0 Å². The van der Waals surface area contributed by atoms with Crippen LogP contribution in [-0.4, -0.2) is 42.0 Å². The Morgan fingerprint density at radius 1 is 1.12 bits per heavy atom. The van der Waals surface area contributed by atoms with E-state index in [-0.39, 0.29) is 11.8 Å². The molecule has 132 valence electrons. The number of amides is 2. The molecule has 2 aromatic carbocycles. The molecule has 0 saturated carbocycles. The van der Waals surface area contributed by atoms with Gasteiger partial charge in [-0.05, 0) is 42.3 Å². The lowest BCUT2D eigenvalue weighted by Gasteiger charge is -2.34. The van der Waals surface area contributed by atoms with Crippen molar-refractivity contribution in [2.75, 3.05) is 31.5 Å². The van der Waals surface area contributed by atoms with Crippen molar-refractivity contribution in [2.45, 2.75) is 13.5 Å². The zero-order valence-corrected chi connectivity index (χ0v) is 14.9. The number of carbonyl (C=O) groups is 1. The van der Waals surface area contributed by atoms with Crippen LogP contribution in [0.15, 0.2) is 42.5 Å². The fourth-order valence-electron chi connectivity index (χ4n) is 2.89. The van der Waals surface area contributed by atoms with Crippen LogP contribution >= 0.6 is 11.6 Å². The first-order chi connectivity index (χ1) is 12.0. The Kier molecular flexibility index (Phi) is 5.56. The average molecular weight is 362 g/mol. The van der Waals surface area contributed by atoms with E-state index < -0.39 is 0 Å². The molecule has 0 aliphatic carbocycles. The lowest BCUT2D eigenvalue weighted by Crippen LogP contribution is -2.49. The monoisotopic (exact) mass is 361 g/mol. The molecule has 0 spiro atoms. The molecule has 3 rings (SSSR count). The molecule has 2 amide bonds. The number of carbonyl (C=O) groups excluding carboxylic acids is 1. The van der Waals surface area contributed by atoms with E-state index in [1.165, 1.54) is 12.1 Å². The largest absolute Gasteiger partial charge is 0.322 e. The van der Waals surface area contributed by atoms with E-state index in [9.17, 15) is 9.18 Å². The van der Waals surface area contributed by atoms with Crippen molar-refractivity contribution in [3.05, 3.63) is 64.4 Å². The van der Waals surface area contributed by atoms with Crippen molar-refractivity contribution >= 4 is 23.3 Å². The van der Waals surface area contributed by atoms with Gasteiger partial charge in [0.15, 0.2) is 0 Å². The third-order valence-corrected chi connectivity index (χ3v) is 4.90. The number of nitrogens with one attached hydrogen (secondary N) is 1. The highest BCUT2D eigenvalue weighted by Gasteiger charge is 2.21. The number of halogens is 2. The summed E-state index contributed by atoms with van der Waals surface area (Å²) in [6, 6.07) is 11.9. The van der Waals surface area contributed by atoms with Gasteiger partial charge in [-0.2, -0.15) is 0 Å². The van der Waals surface area contributed by atoms with Crippen molar-refractivity contribution < 1.29 is 9.18 Å². The number of hydrogen-bond acceptors (Lipinski definition) is 2. The first-order valence-corrected chi connectivity index (χ1v) is 8.68. The lowest BCUT2D eigenvalue weighted by atomic mass is 10.2. The SMILES string of the molecule is Cc1c(Cl)cccc1NC(=O)N1CCN(Cc2ccc(F)cc2)CC1. The maximum Gasteiger partial charge on any atom is 0.321 e. The number of piperazine rings is 1. The molecule has 1 heterocycles. The molecule has 1 N–H and O–H groups in total. The Labute approximate surface area is 152 Å². The van der Waals surface area contributed by atoms with E-state index in [4.69, 9.17) is 11.6 Å². The minimum absolute atomic E-state index is 0.105. The van der Waals surface area contributed by atoms with E-state index in [0.29, 0.717) is 18.1 Å². The molecule has 0 aromatic heterocycles. The summed E-state index contributed by atoms with van der Waals surface area (Å²) in [6.07, 6.45) is 0. The van der Waals surface area contributed by atoms with Crippen LogP contribution in [-0.2, 0) is 6.54 Å². The second-order valence-electron chi connectivity index (χ2n) is 6.23. The summed E-state index contributed by atoms with van der Waals surface area (Å²) in [5.41, 5.74) is 2.69. The van der Waals surface area contributed by atoms with Crippen molar-refractivity contribution in [1.82, 2.24) is 9.80 Å². The molecule has 4 nitrogen and oxygen atoms in total. The third-order valence-electron chi connectivity index (χ3n) is 4.49. The van der Waals surface area contributed by atoms with Gasteiger partial charge >= 0.3 is 6.03 Å². The summed E-state index contributed by atoms with van der Waals surface area (Å²) in [5.74, 6) is -0.221. The Morgan fingerprint density at radius 3 is 2.48 bits per heavy atom. The fourth-order valence-corrected chi connectivity index (χ4v) is 3.07. The van der Waals surface area contributed by atoms with E-state index in [2.05, 4.69) is 10.2 Å². The van der Waals surface area contributed by atoms with Crippen LogP contribution in [0.3, 0.4) is 0 Å². The highest BCUT2D eigenvalue weighted by Crippen LogP contribution is 2.23. The van der Waals surface area contributed by atoms with Gasteiger partial charge in [0, 0.05) is 43.4 Å². The molecule has 0 unspecified atom stereocenters. The second kappa shape index (κ2) is 7.85. The van der Waals surface area contributed by atoms with Gasteiger partial charge in [-0.25, -0.2) is 9.18 Å². The average Bonchev–Trinajstić information content (AvgIpc) is 2.61. The molecule has 2 aromatic rings. The smallest absolute Gasteiger partial charge is 0.321 e. The first kappa shape index (κ1) is 17.7. The fraction of sp³-hybridized carbons (Fsp3) is 0.316. The van der Waals surface area contributed by atoms with Gasteiger partial charge in [-0.3, -0.25) is 4.90 Å². The summed E-state index contributed by atoms with van der Waals surface area (Å²) in [7, 11) is 0. The predicted molar refractivity (Wildman–Crippen MR) is 98.5 cm³/mol. The minimum atomic E-state index is -0.221. The van der Waals surface area contributed by atoms with Crippen LogP contribution in [0.2, 0.25) is 5.02 Å². The molecule has 1 fully saturated rings. The van der Waals surface area contributed by atoms with E-state index in [0.717, 1.165) is 36.4 Å². The molecule has 1 aliphatic heterocycles. The first-order valence-electron chi connectivity index (χ1n) is 8.31. The van der Waals surface area contributed by atoms with Crippen molar-refractivity contribution in [3.63, 3.8) is 0 Å². The Morgan fingerprint density at radius 2 is 1.80 bits per heavy atom. The topological polar surface area (TPSA) is 35.6 Å². The Hall–Kier alpha value is -2.11. The summed E-state index contributed by atoms with van der Waals surface area (Å²) in [6.45, 7) is 5.56. The number of benzene rings is 2. The quantitative estimate of drug-likeness (QED) is 0.891. The van der Waals surface area contributed by atoms with Crippen LogP contribution in [0.1, 0.15) is 11.1 Å². The summed E-state index contributed by atoms with van der Waals surface area (Å²) < 4.78 is 13.0. The zero-order chi connectivity index (χ0) is 17.8. The van der Waals surface area contributed by atoms with Crippen LogP contribution in [0.4, 0.5) is 14.9 Å². The van der Waals surface area contributed by atoms with Gasteiger partial charge in [0.25, 0.3) is 0 Å². The molecule has 1 aliphatic rings. The maximum absolute atomic E-state index is 13.0. The standard InChI is InChI=1S/C19H21ClFN3O/c1-14-17(20)3-2-4-18(14)22-19(25)24-11-9-23(10-12-24)13-15-5-7-16(21)8-6-15/h2-8H,9-13H2,1H3,(H,22,25). The zero-order valence-electron chi connectivity index (χ0n) is 14.1. The van der Waals surface area contributed by atoms with Crippen LogP contribution in [0.5, 0.6) is 0 Å². The van der Waals surface area contributed by atoms with Gasteiger partial charge in [0.2, 0.25) is 0 Å². The highest BCUT2D eigenvalue weighted by atomic mass is 35.5. The van der Waals surface area contributed by atoms with Crippen LogP contribution in [0.25, 0.3) is 0 Å². The van der Waals surface area contributed by atoms with Crippen molar-refractivity contribution in [2.24, 2.45) is 0 Å². The lowest BCUT2D eigenvalue weighted by molar-refractivity contribution is 0.143. The molecule has 0 atom stereocenters. The van der Waals surface area contributed by atoms with E-state index in [1.54, 1.807) is 18.2 Å². The molecule has 1 saturated heterocycles. The number of rotatable bonds is 3. The third kappa shape index (κ3) is 4.50. The number of nitrogens with zero attached hydrogens (tertiary/aromatic N) is 2. The highest BCUT2D eigenvalue weighted by molar-refractivity contribution is 6.31. The molecule has 0 bridgehead atoms. The summed E-state index contributed by atoms with van der Waals surface area (Å²) in [4.78, 5) is 16.5. The maximum atomic E-state index is 13.0. The van der Waals surface area contributed by atoms with Gasteiger partial charge in [0.1, 0.15) is 5.82 Å². The van der Waals surface area contributed by atoms with Crippen LogP contribution < -0.4 is 5.32 Å². The van der Waals surface area contributed by atoms with Gasteiger partial charge in [-0.1, -0.05) is 29.8 Å². The molecule has 25 heavy (non-hydrogen) atoms. The number of hydrogen-bond donors (Lipinski definition) is 1. The van der Waals surface area contributed by atoms with Crippen molar-refractivity contribution in [3.8, 4) is 0 Å². The predicted octanol–water partition coefficient (Wildman–Crippen LogP) is 4.14. The Balaban J connectivity index is 1.52. The van der Waals surface area contributed by atoms with E-state index in [1.807, 2.05) is 24.0 Å². The normalized spacial score (nSPS) is 15.2. The van der Waals surface area contributed by atoms with Gasteiger partial charge in [-0.15, -0.1) is 0 Å². The van der Waals surface area contributed by atoms with E-state index >= 15 is 0 Å².